The molecule has 0 aliphatic heterocycles. The van der Waals surface area contributed by atoms with Crippen LogP contribution in [0.3, 0.4) is 0 Å². The first-order chi connectivity index (χ1) is 8.97. The summed E-state index contributed by atoms with van der Waals surface area (Å²) in [6.07, 6.45) is 3.70. The fraction of sp³-hybridized carbons (Fsp3) is 0.647. The van der Waals surface area contributed by atoms with Gasteiger partial charge in [0.2, 0.25) is 0 Å². The molecule has 108 valence electrons. The van der Waals surface area contributed by atoms with Crippen LogP contribution < -0.4 is 5.32 Å². The molecule has 0 heterocycles. The minimum absolute atomic E-state index is 0.556. The van der Waals surface area contributed by atoms with Gasteiger partial charge in [0.15, 0.2) is 0 Å². The number of nitrogens with one attached hydrogen (secondary N) is 1. The Bertz CT molecular complexity index is 348. The highest BCUT2D eigenvalue weighted by Gasteiger charge is 2.11. The highest BCUT2D eigenvalue weighted by molar-refractivity contribution is 6.30. The van der Waals surface area contributed by atoms with Gasteiger partial charge in [-0.2, -0.15) is 0 Å². The molecule has 0 bridgehead atoms. The molecule has 19 heavy (non-hydrogen) atoms. The van der Waals surface area contributed by atoms with Crippen molar-refractivity contribution < 1.29 is 0 Å². The summed E-state index contributed by atoms with van der Waals surface area (Å²) in [5.74, 6) is 1.48. The van der Waals surface area contributed by atoms with E-state index < -0.39 is 0 Å². The van der Waals surface area contributed by atoms with Crippen LogP contribution in [0.5, 0.6) is 0 Å². The van der Waals surface area contributed by atoms with Crippen molar-refractivity contribution in [3.63, 3.8) is 0 Å². The molecule has 1 aromatic carbocycles. The van der Waals surface area contributed by atoms with Gasteiger partial charge in [-0.3, -0.25) is 0 Å². The lowest BCUT2D eigenvalue weighted by Crippen LogP contribution is -2.30. The fourth-order valence-electron chi connectivity index (χ4n) is 2.24. The molecular formula is C17H28ClN. The van der Waals surface area contributed by atoms with Gasteiger partial charge in [-0.25, -0.2) is 0 Å². The molecule has 1 unspecified atom stereocenters. The summed E-state index contributed by atoms with van der Waals surface area (Å²) in [5.41, 5.74) is 1.35. The van der Waals surface area contributed by atoms with E-state index in [4.69, 9.17) is 11.6 Å². The van der Waals surface area contributed by atoms with Crippen molar-refractivity contribution in [1.82, 2.24) is 5.32 Å². The second-order valence-corrected chi connectivity index (χ2v) is 6.67. The lowest BCUT2D eigenvalue weighted by molar-refractivity contribution is 0.386. The van der Waals surface area contributed by atoms with Crippen LogP contribution in [-0.4, -0.2) is 12.6 Å². The summed E-state index contributed by atoms with van der Waals surface area (Å²) < 4.78 is 0. The number of hydrogen-bond acceptors (Lipinski definition) is 1. The third-order valence-corrected chi connectivity index (χ3v) is 3.62. The van der Waals surface area contributed by atoms with Gasteiger partial charge in [0, 0.05) is 11.1 Å². The number of benzene rings is 1. The molecule has 0 fully saturated rings. The van der Waals surface area contributed by atoms with Crippen LogP contribution in [0.2, 0.25) is 5.02 Å². The Hall–Kier alpha value is -0.530. The van der Waals surface area contributed by atoms with Crippen molar-refractivity contribution in [2.75, 3.05) is 6.54 Å². The zero-order valence-corrected chi connectivity index (χ0v) is 13.5. The van der Waals surface area contributed by atoms with Crippen LogP contribution >= 0.6 is 11.6 Å². The lowest BCUT2D eigenvalue weighted by atomic mass is 9.91. The molecule has 1 N–H and O–H groups in total. The Kier molecular flexibility index (Phi) is 7.48. The SMILES string of the molecule is CC(C)CCC(CNC(C)C)Cc1cccc(Cl)c1. The molecule has 0 saturated carbocycles. The molecule has 1 rings (SSSR count). The highest BCUT2D eigenvalue weighted by Crippen LogP contribution is 2.19. The van der Waals surface area contributed by atoms with E-state index in [1.54, 1.807) is 0 Å². The minimum Gasteiger partial charge on any atom is -0.314 e. The van der Waals surface area contributed by atoms with Crippen molar-refractivity contribution in [3.05, 3.63) is 34.9 Å². The molecule has 0 amide bonds. The summed E-state index contributed by atoms with van der Waals surface area (Å²) in [7, 11) is 0. The zero-order valence-electron chi connectivity index (χ0n) is 12.7. The van der Waals surface area contributed by atoms with Crippen LogP contribution in [0.1, 0.15) is 46.1 Å². The quantitative estimate of drug-likeness (QED) is 0.712. The Morgan fingerprint density at radius 2 is 1.84 bits per heavy atom. The monoisotopic (exact) mass is 281 g/mol. The normalized spacial score (nSPS) is 13.2. The van der Waals surface area contributed by atoms with E-state index in [9.17, 15) is 0 Å². The van der Waals surface area contributed by atoms with E-state index in [0.717, 1.165) is 23.9 Å². The molecule has 1 aromatic rings. The van der Waals surface area contributed by atoms with E-state index in [1.807, 2.05) is 12.1 Å². The van der Waals surface area contributed by atoms with Gasteiger partial charge in [-0.15, -0.1) is 0 Å². The lowest BCUT2D eigenvalue weighted by Gasteiger charge is -2.20. The van der Waals surface area contributed by atoms with E-state index in [2.05, 4.69) is 45.1 Å². The average molecular weight is 282 g/mol. The van der Waals surface area contributed by atoms with E-state index in [1.165, 1.54) is 18.4 Å². The standard InChI is InChI=1S/C17H28ClN/c1-13(2)8-9-16(12-19-14(3)4)10-15-6-5-7-17(18)11-15/h5-7,11,13-14,16,19H,8-10,12H2,1-4H3. The second-order valence-electron chi connectivity index (χ2n) is 6.23. The van der Waals surface area contributed by atoms with Crippen LogP contribution in [0.25, 0.3) is 0 Å². The van der Waals surface area contributed by atoms with Crippen molar-refractivity contribution in [2.45, 2.75) is 53.0 Å². The first-order valence-electron chi connectivity index (χ1n) is 7.45. The number of hydrogen-bond donors (Lipinski definition) is 1. The summed E-state index contributed by atoms with van der Waals surface area (Å²) in [5, 5.41) is 4.42. The van der Waals surface area contributed by atoms with Gasteiger partial charge in [-0.05, 0) is 48.9 Å². The molecule has 1 atom stereocenters. The molecule has 0 aliphatic rings. The average Bonchev–Trinajstić information content (AvgIpc) is 2.32. The van der Waals surface area contributed by atoms with Gasteiger partial charge in [0.1, 0.15) is 0 Å². The molecule has 0 radical (unpaired) electrons. The highest BCUT2D eigenvalue weighted by atomic mass is 35.5. The van der Waals surface area contributed by atoms with Gasteiger partial charge in [0.05, 0.1) is 0 Å². The predicted octanol–water partition coefficient (Wildman–Crippen LogP) is 4.93. The Morgan fingerprint density at radius 1 is 1.11 bits per heavy atom. The van der Waals surface area contributed by atoms with Crippen molar-refractivity contribution in [2.24, 2.45) is 11.8 Å². The Labute approximate surface area is 123 Å². The molecule has 2 heteroatoms. The van der Waals surface area contributed by atoms with Gasteiger partial charge < -0.3 is 5.32 Å². The van der Waals surface area contributed by atoms with E-state index >= 15 is 0 Å². The van der Waals surface area contributed by atoms with E-state index in [-0.39, 0.29) is 0 Å². The van der Waals surface area contributed by atoms with Gasteiger partial charge >= 0.3 is 0 Å². The number of halogens is 1. The van der Waals surface area contributed by atoms with Crippen molar-refractivity contribution >= 4 is 11.6 Å². The number of rotatable bonds is 8. The molecule has 1 nitrogen and oxygen atoms in total. The maximum absolute atomic E-state index is 6.07. The van der Waals surface area contributed by atoms with Crippen molar-refractivity contribution in [1.29, 1.82) is 0 Å². The Morgan fingerprint density at radius 3 is 2.42 bits per heavy atom. The Balaban J connectivity index is 2.56. The summed E-state index contributed by atoms with van der Waals surface area (Å²) in [6, 6.07) is 8.83. The predicted molar refractivity (Wildman–Crippen MR) is 85.9 cm³/mol. The third kappa shape index (κ3) is 7.59. The second kappa shape index (κ2) is 8.60. The van der Waals surface area contributed by atoms with Gasteiger partial charge in [0.25, 0.3) is 0 Å². The largest absolute Gasteiger partial charge is 0.314 e. The molecule has 0 aliphatic carbocycles. The van der Waals surface area contributed by atoms with Crippen LogP contribution in [0.15, 0.2) is 24.3 Å². The van der Waals surface area contributed by atoms with Crippen LogP contribution in [-0.2, 0) is 6.42 Å². The van der Waals surface area contributed by atoms with Crippen molar-refractivity contribution in [3.8, 4) is 0 Å². The first kappa shape index (κ1) is 16.5. The van der Waals surface area contributed by atoms with Crippen LogP contribution in [0, 0.1) is 11.8 Å². The van der Waals surface area contributed by atoms with Gasteiger partial charge in [-0.1, -0.05) is 57.8 Å². The maximum Gasteiger partial charge on any atom is 0.0408 e. The fourth-order valence-corrected chi connectivity index (χ4v) is 2.46. The third-order valence-electron chi connectivity index (χ3n) is 3.38. The molecule has 0 spiro atoms. The molecule has 0 aromatic heterocycles. The minimum atomic E-state index is 0.556. The summed E-state index contributed by atoms with van der Waals surface area (Å²) in [4.78, 5) is 0. The van der Waals surface area contributed by atoms with Crippen LogP contribution in [0.4, 0.5) is 0 Å². The summed E-state index contributed by atoms with van der Waals surface area (Å²) >= 11 is 6.07. The topological polar surface area (TPSA) is 12.0 Å². The van der Waals surface area contributed by atoms with E-state index in [0.29, 0.717) is 12.0 Å². The smallest absolute Gasteiger partial charge is 0.0408 e. The summed E-state index contributed by atoms with van der Waals surface area (Å²) in [6.45, 7) is 10.1. The first-order valence-corrected chi connectivity index (χ1v) is 7.83. The molecular weight excluding hydrogens is 254 g/mol. The zero-order chi connectivity index (χ0) is 14.3. The molecule has 0 saturated heterocycles. The maximum atomic E-state index is 6.07.